The second kappa shape index (κ2) is 18.3. The SMILES string of the molecule is N[C@@H](C(=O)N1CCC[C@H]1c1ncc(-c2ccc(C#Cc3ccc(-c4cnc([C@@H]5CCCN5C(=O)[C@H](NC(=O)N5CCOCC5)c5ccccc5)[nH]4)cc3)cc2)[nH]1)c1ccccc1. The Labute approximate surface area is 360 Å². The van der Waals surface area contributed by atoms with E-state index in [1.54, 1.807) is 11.1 Å². The quantitative estimate of drug-likeness (QED) is 0.118. The molecule has 0 unspecified atom stereocenters. The lowest BCUT2D eigenvalue weighted by Crippen LogP contribution is -2.50. The van der Waals surface area contributed by atoms with Crippen molar-refractivity contribution in [3.05, 3.63) is 155 Å². The number of morpholine rings is 1. The van der Waals surface area contributed by atoms with Gasteiger partial charge in [-0.1, -0.05) is 96.8 Å². The number of benzene rings is 4. The smallest absolute Gasteiger partial charge is 0.318 e. The van der Waals surface area contributed by atoms with Crippen LogP contribution < -0.4 is 11.1 Å². The van der Waals surface area contributed by atoms with Crippen LogP contribution >= 0.6 is 0 Å². The third kappa shape index (κ3) is 8.74. The van der Waals surface area contributed by atoms with Gasteiger partial charge in [-0.15, -0.1) is 0 Å². The topological polar surface area (TPSA) is 166 Å². The molecule has 4 atom stereocenters. The summed E-state index contributed by atoms with van der Waals surface area (Å²) in [6.45, 7) is 3.15. The summed E-state index contributed by atoms with van der Waals surface area (Å²) in [6.07, 6.45) is 6.95. The Hall–Kier alpha value is -7.01. The van der Waals surface area contributed by atoms with Gasteiger partial charge in [0.25, 0.3) is 0 Å². The second-order valence-electron chi connectivity index (χ2n) is 15.9. The van der Waals surface area contributed by atoms with Crippen molar-refractivity contribution in [3.8, 4) is 34.4 Å². The van der Waals surface area contributed by atoms with Gasteiger partial charge in [-0.2, -0.15) is 0 Å². The van der Waals surface area contributed by atoms with Crippen LogP contribution in [0.5, 0.6) is 0 Å². The maximum atomic E-state index is 14.2. The normalized spacial score (nSPS) is 18.5. The molecular weight excluding hydrogens is 779 g/mol. The number of urea groups is 1. The van der Waals surface area contributed by atoms with Gasteiger partial charge >= 0.3 is 6.03 Å². The predicted octanol–water partition coefficient (Wildman–Crippen LogP) is 6.68. The van der Waals surface area contributed by atoms with Gasteiger partial charge in [0, 0.05) is 37.3 Å². The van der Waals surface area contributed by atoms with E-state index in [1.807, 2.05) is 125 Å². The van der Waals surface area contributed by atoms with E-state index < -0.39 is 12.1 Å². The van der Waals surface area contributed by atoms with Gasteiger partial charge in [0.05, 0.1) is 49.1 Å². The maximum Gasteiger partial charge on any atom is 0.318 e. The molecule has 9 rings (SSSR count). The molecule has 5 heterocycles. The Morgan fingerprint density at radius 3 is 1.65 bits per heavy atom. The van der Waals surface area contributed by atoms with Crippen molar-refractivity contribution >= 4 is 17.8 Å². The van der Waals surface area contributed by atoms with Crippen LogP contribution in [0.4, 0.5) is 4.79 Å². The molecule has 62 heavy (non-hydrogen) atoms. The molecule has 4 aromatic carbocycles. The van der Waals surface area contributed by atoms with Crippen molar-refractivity contribution < 1.29 is 19.1 Å². The molecule has 5 N–H and O–H groups in total. The van der Waals surface area contributed by atoms with E-state index >= 15 is 0 Å². The van der Waals surface area contributed by atoms with E-state index in [-0.39, 0.29) is 29.9 Å². The minimum Gasteiger partial charge on any atom is -0.378 e. The van der Waals surface area contributed by atoms with E-state index in [2.05, 4.69) is 32.1 Å². The highest BCUT2D eigenvalue weighted by atomic mass is 16.5. The van der Waals surface area contributed by atoms with Crippen LogP contribution in [0, 0.1) is 11.8 Å². The van der Waals surface area contributed by atoms with E-state index in [0.29, 0.717) is 39.4 Å². The zero-order chi connectivity index (χ0) is 42.4. The number of imidazole rings is 2. The fourth-order valence-electron chi connectivity index (χ4n) is 8.61. The first-order valence-corrected chi connectivity index (χ1v) is 21.3. The summed E-state index contributed by atoms with van der Waals surface area (Å²) in [5.41, 5.74) is 13.3. The van der Waals surface area contributed by atoms with Crippen LogP contribution in [0.1, 0.15) is 83.8 Å². The molecule has 3 saturated heterocycles. The molecule has 314 valence electrons. The molecule has 13 nitrogen and oxygen atoms in total. The Morgan fingerprint density at radius 1 is 0.645 bits per heavy atom. The molecule has 0 saturated carbocycles. The number of carbonyl (C=O) groups excluding carboxylic acids is 3. The average molecular weight is 828 g/mol. The molecular formula is C49H49N9O4. The number of likely N-dealkylation sites (tertiary alicyclic amines) is 2. The third-order valence-corrected chi connectivity index (χ3v) is 12.0. The number of nitrogens with zero attached hydrogens (tertiary/aromatic N) is 5. The van der Waals surface area contributed by atoms with Crippen LogP contribution in [-0.4, -0.2) is 91.9 Å². The van der Waals surface area contributed by atoms with E-state index in [0.717, 1.165) is 82.1 Å². The number of carbonyl (C=O) groups is 3. The van der Waals surface area contributed by atoms with Crippen molar-refractivity contribution in [2.75, 3.05) is 39.4 Å². The zero-order valence-electron chi connectivity index (χ0n) is 34.4. The number of aromatic nitrogens is 4. The molecule has 13 heteroatoms. The van der Waals surface area contributed by atoms with Crippen LogP contribution in [0.2, 0.25) is 0 Å². The van der Waals surface area contributed by atoms with Gasteiger partial charge in [0.2, 0.25) is 11.8 Å². The van der Waals surface area contributed by atoms with Crippen molar-refractivity contribution in [1.82, 2.24) is 40.0 Å². The lowest BCUT2D eigenvalue weighted by molar-refractivity contribution is -0.135. The summed E-state index contributed by atoms with van der Waals surface area (Å²) in [6, 6.07) is 32.7. The summed E-state index contributed by atoms with van der Waals surface area (Å²) in [5, 5.41) is 3.02. The van der Waals surface area contributed by atoms with Gasteiger partial charge in [0.1, 0.15) is 23.7 Å². The third-order valence-electron chi connectivity index (χ3n) is 12.0. The molecule has 2 aromatic heterocycles. The van der Waals surface area contributed by atoms with Gasteiger partial charge in [-0.25, -0.2) is 14.8 Å². The number of aromatic amines is 2. The standard InChI is InChI=1S/C49H49N9O4/c50-43(37-9-3-1-4-10-37)47(59)57-25-7-13-41(57)45-51-31-39(53-45)35-21-17-33(18-22-35)15-16-34-19-23-36(24-20-34)40-32-52-46(54-40)42-14-8-26-58(42)48(60)44(38-11-5-2-6-12-38)55-49(61)56-27-29-62-30-28-56/h1-6,9-12,17-24,31-32,41-44H,7-8,13-14,25-30,50H2,(H,51,53)(H,52,54)(H,55,61)/t41-,42-,43+,44+/m0/s1. The Morgan fingerprint density at radius 2 is 1.13 bits per heavy atom. The first-order chi connectivity index (χ1) is 30.4. The number of H-pyrrole nitrogens is 2. The second-order valence-corrected chi connectivity index (χ2v) is 15.9. The van der Waals surface area contributed by atoms with Crippen LogP contribution in [0.3, 0.4) is 0 Å². The highest BCUT2D eigenvalue weighted by Gasteiger charge is 2.38. The van der Waals surface area contributed by atoms with E-state index in [4.69, 9.17) is 15.5 Å². The minimum absolute atomic E-state index is 0.0900. The Kier molecular flexibility index (Phi) is 11.9. The van der Waals surface area contributed by atoms with Gasteiger partial charge in [-0.05, 0) is 72.2 Å². The van der Waals surface area contributed by atoms with Crippen molar-refractivity contribution in [2.24, 2.45) is 5.73 Å². The number of hydrogen-bond acceptors (Lipinski definition) is 7. The fourth-order valence-corrected chi connectivity index (χ4v) is 8.61. The summed E-state index contributed by atoms with van der Waals surface area (Å²) in [7, 11) is 0. The average Bonchev–Trinajstić information content (AvgIpc) is 4.18. The van der Waals surface area contributed by atoms with Crippen molar-refractivity contribution in [3.63, 3.8) is 0 Å². The summed E-state index contributed by atoms with van der Waals surface area (Å²) in [5.74, 6) is 7.79. The lowest BCUT2D eigenvalue weighted by atomic mass is 10.0. The first-order valence-electron chi connectivity index (χ1n) is 21.3. The van der Waals surface area contributed by atoms with Gasteiger partial charge in [0.15, 0.2) is 0 Å². The lowest BCUT2D eigenvalue weighted by Gasteiger charge is -2.32. The van der Waals surface area contributed by atoms with Crippen molar-refractivity contribution in [2.45, 2.75) is 49.9 Å². The maximum absolute atomic E-state index is 14.2. The summed E-state index contributed by atoms with van der Waals surface area (Å²) in [4.78, 5) is 62.6. The molecule has 0 aliphatic carbocycles. The zero-order valence-corrected chi connectivity index (χ0v) is 34.4. The first kappa shape index (κ1) is 40.4. The molecule has 0 bridgehead atoms. The molecule has 0 spiro atoms. The largest absolute Gasteiger partial charge is 0.378 e. The molecule has 0 radical (unpaired) electrons. The molecule has 4 amide bonds. The summed E-state index contributed by atoms with van der Waals surface area (Å²) >= 11 is 0. The predicted molar refractivity (Wildman–Crippen MR) is 235 cm³/mol. The fraction of sp³-hybridized carbons (Fsp3) is 0.286. The number of hydrogen-bond donors (Lipinski definition) is 4. The number of amides is 4. The van der Waals surface area contributed by atoms with E-state index in [1.165, 1.54) is 0 Å². The number of nitrogens with two attached hydrogens (primary N) is 1. The summed E-state index contributed by atoms with van der Waals surface area (Å²) < 4.78 is 5.42. The van der Waals surface area contributed by atoms with Crippen LogP contribution in [0.25, 0.3) is 22.5 Å². The van der Waals surface area contributed by atoms with E-state index in [9.17, 15) is 14.4 Å². The monoisotopic (exact) mass is 827 g/mol. The van der Waals surface area contributed by atoms with Crippen LogP contribution in [-0.2, 0) is 14.3 Å². The number of ether oxygens (including phenoxy) is 1. The highest BCUT2D eigenvalue weighted by Crippen LogP contribution is 2.35. The minimum atomic E-state index is -0.823. The number of nitrogens with one attached hydrogen (secondary N) is 3. The Bertz CT molecular complexity index is 2560. The number of rotatable bonds is 9. The van der Waals surface area contributed by atoms with Gasteiger partial charge < -0.3 is 40.5 Å². The molecule has 6 aromatic rings. The Balaban J connectivity index is 0.828. The molecule has 3 aliphatic rings. The molecule has 3 fully saturated rings. The molecule has 3 aliphatic heterocycles. The van der Waals surface area contributed by atoms with Gasteiger partial charge in [-0.3, -0.25) is 9.59 Å². The van der Waals surface area contributed by atoms with Crippen molar-refractivity contribution in [1.29, 1.82) is 0 Å². The van der Waals surface area contributed by atoms with Crippen LogP contribution in [0.15, 0.2) is 122 Å². The highest BCUT2D eigenvalue weighted by molar-refractivity contribution is 5.89.